The molecule has 0 fully saturated rings. The largest absolute Gasteiger partial charge is 0.359 e. The number of nitrogens with zero attached hydrogens (tertiary/aromatic N) is 5. The summed E-state index contributed by atoms with van der Waals surface area (Å²) in [5, 5.41) is 22.8. The minimum atomic E-state index is -0.386. The van der Waals surface area contributed by atoms with Gasteiger partial charge in [0.1, 0.15) is 5.69 Å². The summed E-state index contributed by atoms with van der Waals surface area (Å²) in [5.74, 6) is 0.399. The van der Waals surface area contributed by atoms with E-state index in [4.69, 9.17) is 0 Å². The van der Waals surface area contributed by atoms with Crippen molar-refractivity contribution in [3.8, 4) is 0 Å². The molecule has 0 unspecified atom stereocenters. The van der Waals surface area contributed by atoms with Gasteiger partial charge >= 0.3 is 5.69 Å². The maximum absolute atomic E-state index is 11.3. The summed E-state index contributed by atoms with van der Waals surface area (Å²) in [6, 6.07) is 1.86. The van der Waals surface area contributed by atoms with Crippen molar-refractivity contribution < 1.29 is 4.92 Å². The zero-order chi connectivity index (χ0) is 14.9. The number of hydrogen-bond donors (Lipinski definition) is 1. The van der Waals surface area contributed by atoms with E-state index in [1.165, 1.54) is 4.68 Å². The Morgan fingerprint density at radius 3 is 2.60 bits per heavy atom. The van der Waals surface area contributed by atoms with Gasteiger partial charge in [-0.05, 0) is 6.07 Å². The summed E-state index contributed by atoms with van der Waals surface area (Å²) < 4.78 is 3.20. The summed E-state index contributed by atoms with van der Waals surface area (Å²) in [6.07, 6.45) is 1.83. The predicted molar refractivity (Wildman–Crippen MR) is 74.5 cm³/mol. The molecule has 0 bridgehead atoms. The molecule has 0 radical (unpaired) electrons. The molecule has 0 amide bonds. The van der Waals surface area contributed by atoms with E-state index in [0.717, 1.165) is 5.69 Å². The monoisotopic (exact) mass is 278 g/mol. The summed E-state index contributed by atoms with van der Waals surface area (Å²) in [6.45, 7) is 4.19. The molecule has 1 N–H and O–H groups in total. The first-order valence-corrected chi connectivity index (χ1v) is 6.33. The van der Waals surface area contributed by atoms with Gasteiger partial charge in [-0.25, -0.2) is 4.68 Å². The molecule has 8 nitrogen and oxygen atoms in total. The fraction of sp³-hybridized carbons (Fsp3) is 0.500. The van der Waals surface area contributed by atoms with Crippen molar-refractivity contribution in [1.29, 1.82) is 0 Å². The quantitative estimate of drug-likeness (QED) is 0.665. The smallest absolute Gasteiger partial charge is 0.334 e. The number of nitro groups is 1. The van der Waals surface area contributed by atoms with Crippen LogP contribution in [0.15, 0.2) is 12.3 Å². The van der Waals surface area contributed by atoms with E-state index >= 15 is 0 Å². The molecule has 0 atom stereocenters. The third-order valence-corrected chi connectivity index (χ3v) is 2.98. The Morgan fingerprint density at radius 2 is 2.10 bits per heavy atom. The Hall–Kier alpha value is -2.38. The van der Waals surface area contributed by atoms with E-state index < -0.39 is 0 Å². The molecule has 2 rings (SSSR count). The lowest BCUT2D eigenvalue weighted by Crippen LogP contribution is -2.07. The summed E-state index contributed by atoms with van der Waals surface area (Å²) in [5.41, 5.74) is 1.34. The maximum atomic E-state index is 11.3. The van der Waals surface area contributed by atoms with Crippen LogP contribution in [-0.4, -0.2) is 24.5 Å². The second kappa shape index (κ2) is 5.32. The van der Waals surface area contributed by atoms with Crippen LogP contribution in [0.4, 0.5) is 11.5 Å². The van der Waals surface area contributed by atoms with Gasteiger partial charge in [-0.1, -0.05) is 13.8 Å². The third kappa shape index (κ3) is 2.63. The number of hydrogen-bond acceptors (Lipinski definition) is 5. The van der Waals surface area contributed by atoms with Crippen LogP contribution in [0, 0.1) is 10.1 Å². The van der Waals surface area contributed by atoms with E-state index in [2.05, 4.69) is 15.5 Å². The van der Waals surface area contributed by atoms with Crippen molar-refractivity contribution in [2.24, 2.45) is 14.1 Å². The van der Waals surface area contributed by atoms with Crippen molar-refractivity contribution in [3.63, 3.8) is 0 Å². The highest BCUT2D eigenvalue weighted by Crippen LogP contribution is 2.32. The average molecular weight is 278 g/mol. The standard InChI is InChI=1S/C12H18N6O2/c1-8(2)10-11(18(19)20)12(17(4)15-10)13-7-9-5-6-16(3)14-9/h5-6,8,13H,7H2,1-4H3. The van der Waals surface area contributed by atoms with Gasteiger partial charge in [-0.3, -0.25) is 14.8 Å². The van der Waals surface area contributed by atoms with Crippen LogP contribution in [-0.2, 0) is 20.6 Å². The SMILES string of the molecule is CC(C)c1nn(C)c(NCc2ccn(C)n2)c1[N+](=O)[O-]. The van der Waals surface area contributed by atoms with Crippen LogP contribution < -0.4 is 5.32 Å². The van der Waals surface area contributed by atoms with E-state index in [9.17, 15) is 10.1 Å². The van der Waals surface area contributed by atoms with E-state index in [0.29, 0.717) is 18.1 Å². The van der Waals surface area contributed by atoms with Crippen molar-refractivity contribution in [1.82, 2.24) is 19.6 Å². The normalized spacial score (nSPS) is 11.1. The van der Waals surface area contributed by atoms with Crippen LogP contribution in [0.3, 0.4) is 0 Å². The number of nitrogens with one attached hydrogen (secondary N) is 1. The van der Waals surface area contributed by atoms with Gasteiger partial charge in [-0.15, -0.1) is 0 Å². The van der Waals surface area contributed by atoms with Crippen LogP contribution >= 0.6 is 0 Å². The summed E-state index contributed by atoms with van der Waals surface area (Å²) >= 11 is 0. The fourth-order valence-corrected chi connectivity index (χ4v) is 2.03. The van der Waals surface area contributed by atoms with Gasteiger partial charge in [0, 0.05) is 26.2 Å². The molecular formula is C12H18N6O2. The van der Waals surface area contributed by atoms with Gasteiger partial charge < -0.3 is 5.32 Å². The number of aryl methyl sites for hydroxylation is 2. The first kappa shape index (κ1) is 14.0. The summed E-state index contributed by atoms with van der Waals surface area (Å²) in [7, 11) is 3.52. The first-order chi connectivity index (χ1) is 9.40. The molecule has 0 aliphatic rings. The molecule has 0 aliphatic heterocycles. The lowest BCUT2D eigenvalue weighted by molar-refractivity contribution is -0.384. The van der Waals surface area contributed by atoms with Gasteiger partial charge in [-0.2, -0.15) is 10.2 Å². The topological polar surface area (TPSA) is 90.8 Å². The minimum absolute atomic E-state index is 0.00741. The molecule has 0 saturated heterocycles. The fourth-order valence-electron chi connectivity index (χ4n) is 2.03. The zero-order valence-electron chi connectivity index (χ0n) is 12.0. The highest BCUT2D eigenvalue weighted by atomic mass is 16.6. The lowest BCUT2D eigenvalue weighted by Gasteiger charge is -2.04. The first-order valence-electron chi connectivity index (χ1n) is 6.33. The zero-order valence-corrected chi connectivity index (χ0v) is 12.0. The van der Waals surface area contributed by atoms with Crippen molar-refractivity contribution in [2.45, 2.75) is 26.3 Å². The van der Waals surface area contributed by atoms with Gasteiger partial charge in [0.2, 0.25) is 5.82 Å². The number of rotatable bonds is 5. The molecule has 108 valence electrons. The second-order valence-electron chi connectivity index (χ2n) is 4.95. The molecule has 0 spiro atoms. The Morgan fingerprint density at radius 1 is 1.40 bits per heavy atom. The highest BCUT2D eigenvalue weighted by molar-refractivity contribution is 5.60. The molecular weight excluding hydrogens is 260 g/mol. The molecule has 2 aromatic rings. The minimum Gasteiger partial charge on any atom is -0.359 e. The van der Waals surface area contributed by atoms with Crippen LogP contribution in [0.5, 0.6) is 0 Å². The predicted octanol–water partition coefficient (Wildman–Crippen LogP) is 1.80. The Balaban J connectivity index is 2.28. The van der Waals surface area contributed by atoms with Gasteiger partial charge in [0.25, 0.3) is 0 Å². The van der Waals surface area contributed by atoms with Crippen LogP contribution in [0.25, 0.3) is 0 Å². The highest BCUT2D eigenvalue weighted by Gasteiger charge is 2.28. The van der Waals surface area contributed by atoms with Crippen molar-refractivity contribution >= 4 is 11.5 Å². The lowest BCUT2D eigenvalue weighted by atomic mass is 10.1. The van der Waals surface area contributed by atoms with Gasteiger partial charge in [0.15, 0.2) is 0 Å². The molecule has 2 aromatic heterocycles. The molecule has 0 aliphatic carbocycles. The van der Waals surface area contributed by atoms with Crippen molar-refractivity contribution in [2.75, 3.05) is 5.32 Å². The van der Waals surface area contributed by atoms with Crippen LogP contribution in [0.2, 0.25) is 0 Å². The Labute approximate surface area is 116 Å². The number of aromatic nitrogens is 4. The van der Waals surface area contributed by atoms with E-state index in [1.54, 1.807) is 11.7 Å². The van der Waals surface area contributed by atoms with Gasteiger partial charge in [0.05, 0.1) is 17.2 Å². The number of anilines is 1. The van der Waals surface area contributed by atoms with Crippen LogP contribution in [0.1, 0.15) is 31.2 Å². The average Bonchev–Trinajstić information content (AvgIpc) is 2.90. The Bertz CT molecular complexity index is 628. The molecule has 0 saturated carbocycles. The van der Waals surface area contributed by atoms with E-state index in [1.807, 2.05) is 33.2 Å². The Kier molecular flexibility index (Phi) is 3.73. The molecule has 2 heterocycles. The van der Waals surface area contributed by atoms with Crippen molar-refractivity contribution in [3.05, 3.63) is 33.8 Å². The second-order valence-corrected chi connectivity index (χ2v) is 4.95. The molecule has 8 heteroatoms. The van der Waals surface area contributed by atoms with E-state index in [-0.39, 0.29) is 16.5 Å². The summed E-state index contributed by atoms with van der Waals surface area (Å²) in [4.78, 5) is 10.9. The maximum Gasteiger partial charge on any atom is 0.334 e. The third-order valence-electron chi connectivity index (χ3n) is 2.98. The molecule has 20 heavy (non-hydrogen) atoms. The molecule has 0 aromatic carbocycles.